The number of halogens is 1. The normalized spacial score (nSPS) is 12.9. The number of carbonyl (C=O) groups is 3. The zero-order valence-corrected chi connectivity index (χ0v) is 19.7. The number of fused-ring (bicyclic) bond motifs is 3. The average Bonchev–Trinajstić information content (AvgIpc) is 3.15. The van der Waals surface area contributed by atoms with E-state index >= 15 is 0 Å². The van der Waals surface area contributed by atoms with Gasteiger partial charge in [0.15, 0.2) is 0 Å². The minimum Gasteiger partial charge on any atom is -0.481 e. The van der Waals surface area contributed by atoms with Gasteiger partial charge in [-0.05, 0) is 56.7 Å². The number of alkyl carbamates (subject to hydrolysis) is 1. The fraction of sp³-hybridized carbons (Fsp3) is 0.192. The molecule has 0 saturated carbocycles. The molecule has 174 valence electrons. The molecule has 2 amide bonds. The molecule has 1 unspecified atom stereocenters. The third-order valence-corrected chi connectivity index (χ3v) is 6.42. The van der Waals surface area contributed by atoms with Crippen LogP contribution in [0, 0.1) is 0 Å². The Bertz CT molecular complexity index is 1180. The third-order valence-electron chi connectivity index (χ3n) is 5.73. The number of para-hydroxylation sites is 1. The molecule has 34 heavy (non-hydrogen) atoms. The Balaban J connectivity index is 1.43. The van der Waals surface area contributed by atoms with Crippen LogP contribution in [-0.4, -0.2) is 35.7 Å². The predicted octanol–water partition coefficient (Wildman–Crippen LogP) is 5.16. The maximum Gasteiger partial charge on any atom is 0.407 e. The lowest BCUT2D eigenvalue weighted by Gasteiger charge is -2.19. The topological polar surface area (TPSA) is 105 Å². The van der Waals surface area contributed by atoms with Gasteiger partial charge in [-0.15, -0.1) is 0 Å². The second kappa shape index (κ2) is 10.5. The Morgan fingerprint density at radius 2 is 1.50 bits per heavy atom. The Labute approximate surface area is 205 Å². The van der Waals surface area contributed by atoms with E-state index < -0.39 is 24.0 Å². The Morgan fingerprint density at radius 3 is 2.12 bits per heavy atom. The van der Waals surface area contributed by atoms with Gasteiger partial charge in [-0.25, -0.2) is 4.79 Å². The number of benzene rings is 3. The minimum atomic E-state index is -1.07. The lowest BCUT2D eigenvalue weighted by Crippen LogP contribution is -2.44. The molecule has 1 atom stereocenters. The van der Waals surface area contributed by atoms with Crippen LogP contribution in [0.4, 0.5) is 10.5 Å². The lowest BCUT2D eigenvalue weighted by atomic mass is 9.98. The predicted molar refractivity (Wildman–Crippen MR) is 132 cm³/mol. The zero-order valence-electron chi connectivity index (χ0n) is 18.2. The number of rotatable bonds is 8. The van der Waals surface area contributed by atoms with Gasteiger partial charge in [0, 0.05) is 16.8 Å². The first-order valence-corrected chi connectivity index (χ1v) is 11.6. The van der Waals surface area contributed by atoms with Crippen LogP contribution in [0.2, 0.25) is 0 Å². The minimum absolute atomic E-state index is 0.0736. The molecule has 3 N–H and O–H groups in total. The Hall–Kier alpha value is -3.65. The van der Waals surface area contributed by atoms with Crippen molar-refractivity contribution in [2.75, 3.05) is 11.9 Å². The van der Waals surface area contributed by atoms with E-state index in [4.69, 9.17) is 9.84 Å². The Morgan fingerprint density at radius 1 is 0.912 bits per heavy atom. The van der Waals surface area contributed by atoms with Crippen molar-refractivity contribution in [2.45, 2.75) is 24.8 Å². The van der Waals surface area contributed by atoms with Gasteiger partial charge >= 0.3 is 12.1 Å². The van der Waals surface area contributed by atoms with Crippen molar-refractivity contribution in [2.24, 2.45) is 0 Å². The van der Waals surface area contributed by atoms with Crippen molar-refractivity contribution < 1.29 is 24.2 Å². The van der Waals surface area contributed by atoms with Crippen LogP contribution in [-0.2, 0) is 14.3 Å². The fourth-order valence-corrected chi connectivity index (χ4v) is 4.49. The van der Waals surface area contributed by atoms with Gasteiger partial charge in [-0.2, -0.15) is 0 Å². The van der Waals surface area contributed by atoms with Gasteiger partial charge in [0.05, 0.1) is 5.69 Å². The summed E-state index contributed by atoms with van der Waals surface area (Å²) in [4.78, 5) is 36.5. The quantitative estimate of drug-likeness (QED) is 0.379. The van der Waals surface area contributed by atoms with Gasteiger partial charge in [0.25, 0.3) is 0 Å². The number of hydrogen-bond acceptors (Lipinski definition) is 4. The first-order valence-electron chi connectivity index (χ1n) is 10.8. The summed E-state index contributed by atoms with van der Waals surface area (Å²) in [6.07, 6.45) is -1.13. The molecule has 0 aromatic heterocycles. The van der Waals surface area contributed by atoms with Gasteiger partial charge in [-0.3, -0.25) is 9.59 Å². The maximum absolute atomic E-state index is 12.8. The molecule has 0 bridgehead atoms. The summed E-state index contributed by atoms with van der Waals surface area (Å²) in [7, 11) is 0. The molecular weight excluding hydrogens is 500 g/mol. The summed E-state index contributed by atoms with van der Waals surface area (Å²) in [6.45, 7) is 0.0946. The van der Waals surface area contributed by atoms with Crippen molar-refractivity contribution >= 4 is 39.6 Å². The summed E-state index contributed by atoms with van der Waals surface area (Å²) in [5.41, 5.74) is 4.89. The molecule has 0 aliphatic heterocycles. The smallest absolute Gasteiger partial charge is 0.407 e. The monoisotopic (exact) mass is 522 g/mol. The van der Waals surface area contributed by atoms with Gasteiger partial charge in [0.1, 0.15) is 12.6 Å². The lowest BCUT2D eigenvalue weighted by molar-refractivity contribution is -0.137. The second-order valence-corrected chi connectivity index (χ2v) is 8.78. The number of amides is 2. The molecule has 7 nitrogen and oxygen atoms in total. The van der Waals surface area contributed by atoms with Gasteiger partial charge in [0.2, 0.25) is 5.91 Å². The number of ether oxygens (including phenoxy) is 1. The number of hydrogen-bond donors (Lipinski definition) is 3. The molecule has 3 aromatic rings. The van der Waals surface area contributed by atoms with Crippen molar-refractivity contribution in [3.8, 4) is 11.1 Å². The molecule has 0 spiro atoms. The SMILES string of the molecule is O=C(O)CCC(NC(=O)OCC1c2ccccc2-c2ccccc21)C(=O)Nc1ccccc1Br. The zero-order chi connectivity index (χ0) is 24.1. The van der Waals surface area contributed by atoms with Crippen LogP contribution < -0.4 is 10.6 Å². The number of anilines is 1. The summed E-state index contributed by atoms with van der Waals surface area (Å²) in [5.74, 6) is -1.71. The van der Waals surface area contributed by atoms with Crippen molar-refractivity contribution in [1.29, 1.82) is 0 Å². The molecule has 1 aliphatic carbocycles. The standard InChI is InChI=1S/C26H23BrN2O5/c27-21-11-5-6-12-22(21)28-25(32)23(13-14-24(30)31)29-26(33)34-15-20-18-9-3-1-7-16(18)17-8-2-4-10-19(17)20/h1-12,20,23H,13-15H2,(H,28,32)(H,29,33)(H,30,31). The number of carbonyl (C=O) groups excluding carboxylic acids is 2. The third kappa shape index (κ3) is 5.28. The van der Waals surface area contributed by atoms with E-state index in [1.165, 1.54) is 0 Å². The summed E-state index contributed by atoms with van der Waals surface area (Å²) < 4.78 is 6.18. The highest BCUT2D eigenvalue weighted by molar-refractivity contribution is 9.10. The number of aliphatic carboxylic acids is 1. The molecular formula is C26H23BrN2O5. The van der Waals surface area contributed by atoms with E-state index in [1.807, 2.05) is 48.5 Å². The van der Waals surface area contributed by atoms with E-state index in [9.17, 15) is 14.4 Å². The van der Waals surface area contributed by atoms with Gasteiger partial charge < -0.3 is 20.5 Å². The van der Waals surface area contributed by atoms with Crippen LogP contribution in [0.1, 0.15) is 29.9 Å². The number of carboxylic acids is 1. The van der Waals surface area contributed by atoms with E-state index in [-0.39, 0.29) is 25.4 Å². The van der Waals surface area contributed by atoms with Gasteiger partial charge in [-0.1, -0.05) is 60.7 Å². The molecule has 3 aromatic carbocycles. The highest BCUT2D eigenvalue weighted by Crippen LogP contribution is 2.44. The van der Waals surface area contributed by atoms with E-state index in [0.29, 0.717) is 10.2 Å². The molecule has 8 heteroatoms. The fourth-order valence-electron chi connectivity index (χ4n) is 4.10. The van der Waals surface area contributed by atoms with Crippen LogP contribution >= 0.6 is 15.9 Å². The number of carboxylic acid groups (broad SMARTS) is 1. The van der Waals surface area contributed by atoms with Crippen LogP contribution in [0.25, 0.3) is 11.1 Å². The molecule has 0 saturated heterocycles. The van der Waals surface area contributed by atoms with Crippen molar-refractivity contribution in [3.63, 3.8) is 0 Å². The van der Waals surface area contributed by atoms with Crippen LogP contribution in [0.3, 0.4) is 0 Å². The first-order chi connectivity index (χ1) is 16.4. The highest BCUT2D eigenvalue weighted by atomic mass is 79.9. The van der Waals surface area contributed by atoms with E-state index in [2.05, 4.69) is 26.6 Å². The molecule has 1 aliphatic rings. The average molecular weight is 523 g/mol. The van der Waals surface area contributed by atoms with E-state index in [1.54, 1.807) is 24.3 Å². The van der Waals surface area contributed by atoms with Crippen LogP contribution in [0.15, 0.2) is 77.3 Å². The van der Waals surface area contributed by atoms with E-state index in [0.717, 1.165) is 22.3 Å². The maximum atomic E-state index is 12.8. The summed E-state index contributed by atoms with van der Waals surface area (Å²) >= 11 is 3.36. The van der Waals surface area contributed by atoms with Crippen molar-refractivity contribution in [1.82, 2.24) is 5.32 Å². The summed E-state index contributed by atoms with van der Waals surface area (Å²) in [5, 5.41) is 14.3. The molecule has 0 fully saturated rings. The first kappa shape index (κ1) is 23.5. The van der Waals surface area contributed by atoms with Crippen molar-refractivity contribution in [3.05, 3.63) is 88.4 Å². The summed E-state index contributed by atoms with van der Waals surface area (Å²) in [6, 6.07) is 21.9. The Kier molecular flexibility index (Phi) is 7.27. The number of nitrogens with one attached hydrogen (secondary N) is 2. The van der Waals surface area contributed by atoms with Crippen LogP contribution in [0.5, 0.6) is 0 Å². The highest BCUT2D eigenvalue weighted by Gasteiger charge is 2.30. The largest absolute Gasteiger partial charge is 0.481 e. The molecule has 0 heterocycles. The molecule has 4 rings (SSSR count). The molecule has 0 radical (unpaired) electrons. The second-order valence-electron chi connectivity index (χ2n) is 7.92.